The number of ether oxygens (including phenoxy) is 10. The molecule has 292 valence electrons. The predicted molar refractivity (Wildman–Crippen MR) is 189 cm³/mol. The average molecular weight is 709 g/mol. The van der Waals surface area contributed by atoms with Crippen molar-refractivity contribution in [3.8, 4) is 0 Å². The third-order valence-corrected chi connectivity index (χ3v) is 7.53. The monoisotopic (exact) mass is 709 g/mol. The van der Waals surface area contributed by atoms with E-state index in [0.29, 0.717) is 106 Å². The summed E-state index contributed by atoms with van der Waals surface area (Å²) in [7, 11) is 1.32. The highest BCUT2D eigenvalue weighted by Crippen LogP contribution is 2.13. The Morgan fingerprint density at radius 2 is 0.633 bits per heavy atom. The first-order valence-corrected chi connectivity index (χ1v) is 19.0. The Labute approximate surface area is 297 Å². The van der Waals surface area contributed by atoms with Gasteiger partial charge in [0.15, 0.2) is 0 Å². The van der Waals surface area contributed by atoms with Crippen molar-refractivity contribution in [1.29, 1.82) is 0 Å². The summed E-state index contributed by atoms with van der Waals surface area (Å²) in [5.74, 6) is -0.541. The molecular formula is C37H72O12. The van der Waals surface area contributed by atoms with Crippen molar-refractivity contribution in [3.63, 3.8) is 0 Å². The van der Waals surface area contributed by atoms with Crippen molar-refractivity contribution in [1.82, 2.24) is 0 Å². The van der Waals surface area contributed by atoms with Crippen molar-refractivity contribution < 1.29 is 57.0 Å². The van der Waals surface area contributed by atoms with Gasteiger partial charge in [-0.2, -0.15) is 0 Å². The summed E-state index contributed by atoms with van der Waals surface area (Å²) in [6, 6.07) is 0. The molecule has 0 amide bonds. The molecule has 0 fully saturated rings. The number of unbranched alkanes of at least 4 members (excludes halogenated alkanes) is 14. The molecule has 0 aliphatic rings. The maximum atomic E-state index is 11.9. The Kier molecular flexibility index (Phi) is 41.6. The van der Waals surface area contributed by atoms with Crippen LogP contribution in [0.1, 0.15) is 110 Å². The number of carbonyl (C=O) groups excluding carboxylic acids is 2. The van der Waals surface area contributed by atoms with Crippen LogP contribution in [0.15, 0.2) is 0 Å². The lowest BCUT2D eigenvalue weighted by Gasteiger charge is -2.09. The normalized spacial score (nSPS) is 11.3. The molecule has 0 N–H and O–H groups in total. The summed E-state index contributed by atoms with van der Waals surface area (Å²) < 4.78 is 52.8. The molecule has 0 aliphatic heterocycles. The fourth-order valence-electron chi connectivity index (χ4n) is 4.68. The Balaban J connectivity index is 3.14. The van der Waals surface area contributed by atoms with Gasteiger partial charge in [0.05, 0.1) is 106 Å². The van der Waals surface area contributed by atoms with E-state index in [-0.39, 0.29) is 19.2 Å². The van der Waals surface area contributed by atoms with Crippen molar-refractivity contribution in [2.75, 3.05) is 119 Å². The maximum absolute atomic E-state index is 11.9. The molecule has 0 aromatic rings. The average Bonchev–Trinajstić information content (AvgIpc) is 3.11. The van der Waals surface area contributed by atoms with E-state index in [4.69, 9.17) is 42.6 Å². The van der Waals surface area contributed by atoms with Gasteiger partial charge in [0.2, 0.25) is 0 Å². The van der Waals surface area contributed by atoms with Gasteiger partial charge in [-0.25, -0.2) is 4.79 Å². The second kappa shape index (κ2) is 42.8. The molecule has 0 aliphatic carbocycles. The van der Waals surface area contributed by atoms with Gasteiger partial charge in [-0.1, -0.05) is 96.8 Å². The van der Waals surface area contributed by atoms with Crippen LogP contribution in [0.5, 0.6) is 0 Å². The van der Waals surface area contributed by atoms with Crippen LogP contribution in [0, 0.1) is 0 Å². The number of carbonyl (C=O) groups is 2. The van der Waals surface area contributed by atoms with Gasteiger partial charge in [0.25, 0.3) is 0 Å². The number of methoxy groups -OCH3 is 1. The minimum absolute atomic E-state index is 0.0704. The van der Waals surface area contributed by atoms with E-state index < -0.39 is 5.97 Å². The van der Waals surface area contributed by atoms with Crippen molar-refractivity contribution in [2.24, 2.45) is 0 Å². The minimum atomic E-state index is -0.407. The first kappa shape index (κ1) is 47.6. The first-order valence-electron chi connectivity index (χ1n) is 19.0. The van der Waals surface area contributed by atoms with Crippen LogP contribution >= 0.6 is 0 Å². The number of rotatable bonds is 42. The van der Waals surface area contributed by atoms with Gasteiger partial charge in [-0.05, 0) is 6.42 Å². The topological polar surface area (TPSA) is 126 Å². The molecule has 0 bridgehead atoms. The smallest absolute Gasteiger partial charge is 0.331 e. The third-order valence-electron chi connectivity index (χ3n) is 7.53. The summed E-state index contributed by atoms with van der Waals surface area (Å²) in [5, 5.41) is 0. The molecule has 12 heteroatoms. The van der Waals surface area contributed by atoms with E-state index in [1.54, 1.807) is 0 Å². The second-order valence-corrected chi connectivity index (χ2v) is 11.8. The van der Waals surface area contributed by atoms with Crippen LogP contribution in [0.25, 0.3) is 0 Å². The highest BCUT2D eigenvalue weighted by Gasteiger charge is 2.03. The van der Waals surface area contributed by atoms with E-state index in [1.807, 2.05) is 0 Å². The SMILES string of the molecule is CCCCCCCCCCCCCCCCCC(=O)OCCOCCOCCOCCOCCOCCOCCOCCOCC(=O)OC. The van der Waals surface area contributed by atoms with E-state index in [2.05, 4.69) is 11.7 Å². The third kappa shape index (κ3) is 42.7. The molecule has 0 saturated carbocycles. The summed E-state index contributed by atoms with van der Waals surface area (Å²) in [4.78, 5) is 22.7. The van der Waals surface area contributed by atoms with Gasteiger partial charge in [-0.3, -0.25) is 4.79 Å². The van der Waals surface area contributed by atoms with Crippen LogP contribution in [0.2, 0.25) is 0 Å². The van der Waals surface area contributed by atoms with Gasteiger partial charge >= 0.3 is 11.9 Å². The molecule has 0 radical (unpaired) electrons. The van der Waals surface area contributed by atoms with Crippen LogP contribution in [0.3, 0.4) is 0 Å². The Morgan fingerprint density at radius 1 is 0.347 bits per heavy atom. The summed E-state index contributed by atoms with van der Waals surface area (Å²) in [6.07, 6.45) is 20.2. The summed E-state index contributed by atoms with van der Waals surface area (Å²) in [5.41, 5.74) is 0. The summed E-state index contributed by atoms with van der Waals surface area (Å²) >= 11 is 0. The van der Waals surface area contributed by atoms with Gasteiger partial charge < -0.3 is 47.4 Å². The zero-order valence-electron chi connectivity index (χ0n) is 31.2. The lowest BCUT2D eigenvalue weighted by molar-refractivity contribution is -0.146. The summed E-state index contributed by atoms with van der Waals surface area (Å²) in [6.45, 7) is 9.28. The second-order valence-electron chi connectivity index (χ2n) is 11.8. The van der Waals surface area contributed by atoms with Crippen molar-refractivity contribution >= 4 is 11.9 Å². The van der Waals surface area contributed by atoms with Gasteiger partial charge in [-0.15, -0.1) is 0 Å². The highest BCUT2D eigenvalue weighted by atomic mass is 16.6. The lowest BCUT2D eigenvalue weighted by Crippen LogP contribution is -2.16. The van der Waals surface area contributed by atoms with Crippen molar-refractivity contribution in [2.45, 2.75) is 110 Å². The minimum Gasteiger partial charge on any atom is -0.467 e. The van der Waals surface area contributed by atoms with E-state index in [1.165, 1.54) is 90.6 Å². The molecule has 0 rings (SSSR count). The fourth-order valence-corrected chi connectivity index (χ4v) is 4.68. The van der Waals surface area contributed by atoms with Crippen LogP contribution < -0.4 is 0 Å². The van der Waals surface area contributed by atoms with Crippen LogP contribution in [-0.2, 0) is 57.0 Å². The number of hydrogen-bond donors (Lipinski definition) is 0. The van der Waals surface area contributed by atoms with Crippen molar-refractivity contribution in [3.05, 3.63) is 0 Å². The predicted octanol–water partition coefficient (Wildman–Crippen LogP) is 6.10. The zero-order valence-corrected chi connectivity index (χ0v) is 31.2. The molecular weight excluding hydrogens is 636 g/mol. The van der Waals surface area contributed by atoms with E-state index in [0.717, 1.165) is 12.8 Å². The maximum Gasteiger partial charge on any atom is 0.331 e. The quantitative estimate of drug-likeness (QED) is 0.0538. The molecule has 0 aromatic carbocycles. The molecule has 0 heterocycles. The molecule has 0 saturated heterocycles. The molecule has 0 spiro atoms. The largest absolute Gasteiger partial charge is 0.467 e. The molecule has 0 aromatic heterocycles. The highest BCUT2D eigenvalue weighted by molar-refractivity contribution is 5.70. The lowest BCUT2D eigenvalue weighted by atomic mass is 10.0. The molecule has 0 atom stereocenters. The van der Waals surface area contributed by atoms with E-state index >= 15 is 0 Å². The fraction of sp³-hybridized carbons (Fsp3) is 0.946. The zero-order chi connectivity index (χ0) is 35.6. The van der Waals surface area contributed by atoms with Crippen LogP contribution in [0.4, 0.5) is 0 Å². The number of hydrogen-bond acceptors (Lipinski definition) is 12. The number of esters is 2. The Bertz CT molecular complexity index is 667. The molecule has 12 nitrogen and oxygen atoms in total. The van der Waals surface area contributed by atoms with Gasteiger partial charge in [0, 0.05) is 6.42 Å². The molecule has 49 heavy (non-hydrogen) atoms. The molecule has 0 unspecified atom stereocenters. The first-order chi connectivity index (χ1) is 24.2. The van der Waals surface area contributed by atoms with Gasteiger partial charge in [0.1, 0.15) is 13.2 Å². The Hall–Kier alpha value is -1.38. The van der Waals surface area contributed by atoms with E-state index in [9.17, 15) is 9.59 Å². The van der Waals surface area contributed by atoms with Crippen LogP contribution in [-0.4, -0.2) is 131 Å². The standard InChI is InChI=1S/C37H72O12/c1-3-4-5-6-7-8-9-10-11-12-13-14-15-16-17-18-36(38)49-34-33-47-30-29-45-26-25-43-22-21-41-19-20-42-23-24-44-27-28-46-31-32-48-35-37(39)40-2/h3-35H2,1-2H3. The Morgan fingerprint density at radius 3 is 0.959 bits per heavy atom.